The maximum absolute atomic E-state index is 12.2. The normalized spacial score (nSPS) is 13.5. The van der Waals surface area contributed by atoms with Gasteiger partial charge in [-0.3, -0.25) is 4.79 Å². The van der Waals surface area contributed by atoms with Crippen molar-refractivity contribution in [1.82, 2.24) is 4.90 Å². The largest absolute Gasteiger partial charge is 0.494 e. The molecule has 0 aliphatic carbocycles. The first kappa shape index (κ1) is 18.5. The lowest BCUT2D eigenvalue weighted by Gasteiger charge is -2.25. The molecule has 0 radical (unpaired) electrons. The summed E-state index contributed by atoms with van der Waals surface area (Å²) in [6.45, 7) is 7.11. The second-order valence-corrected chi connectivity index (χ2v) is 6.16. The molecule has 3 nitrogen and oxygen atoms in total. The van der Waals surface area contributed by atoms with Crippen molar-refractivity contribution in [2.24, 2.45) is 5.92 Å². The summed E-state index contributed by atoms with van der Waals surface area (Å²) >= 11 is 0. The predicted molar refractivity (Wildman–Crippen MR) is 92.4 cm³/mol. The Morgan fingerprint density at radius 2 is 1.95 bits per heavy atom. The molecule has 0 saturated carbocycles. The number of amides is 1. The lowest BCUT2D eigenvalue weighted by atomic mass is 9.84. The van der Waals surface area contributed by atoms with Crippen LogP contribution in [0.4, 0.5) is 0 Å². The van der Waals surface area contributed by atoms with Gasteiger partial charge in [0.1, 0.15) is 5.75 Å². The highest BCUT2D eigenvalue weighted by Crippen LogP contribution is 2.31. The van der Waals surface area contributed by atoms with E-state index in [-0.39, 0.29) is 17.7 Å². The molecular weight excluding hydrogens is 274 g/mol. The van der Waals surface area contributed by atoms with Crippen molar-refractivity contribution in [3.63, 3.8) is 0 Å². The third-order valence-electron chi connectivity index (χ3n) is 4.18. The topological polar surface area (TPSA) is 29.5 Å². The summed E-state index contributed by atoms with van der Waals surface area (Å²) < 4.78 is 5.84. The zero-order valence-electron chi connectivity index (χ0n) is 14.8. The van der Waals surface area contributed by atoms with Gasteiger partial charge in [0.05, 0.1) is 6.61 Å². The van der Waals surface area contributed by atoms with Crippen LogP contribution in [-0.4, -0.2) is 31.5 Å². The minimum Gasteiger partial charge on any atom is -0.494 e. The zero-order chi connectivity index (χ0) is 16.5. The average molecular weight is 305 g/mol. The van der Waals surface area contributed by atoms with E-state index in [9.17, 15) is 4.79 Å². The van der Waals surface area contributed by atoms with E-state index >= 15 is 0 Å². The van der Waals surface area contributed by atoms with Crippen LogP contribution in [0, 0.1) is 5.92 Å². The van der Waals surface area contributed by atoms with Crippen LogP contribution in [0.2, 0.25) is 0 Å². The maximum Gasteiger partial charge on any atom is 0.225 e. The average Bonchev–Trinajstić information content (AvgIpc) is 2.51. The molecule has 0 fully saturated rings. The van der Waals surface area contributed by atoms with Crippen LogP contribution in [-0.2, 0) is 4.79 Å². The molecule has 0 bridgehead atoms. The van der Waals surface area contributed by atoms with Gasteiger partial charge >= 0.3 is 0 Å². The fraction of sp³-hybridized carbons (Fsp3) is 0.632. The molecule has 0 spiro atoms. The summed E-state index contributed by atoms with van der Waals surface area (Å²) in [5.41, 5.74) is 1.19. The van der Waals surface area contributed by atoms with Gasteiger partial charge in [0.2, 0.25) is 5.91 Å². The molecule has 1 rings (SSSR count). The first-order valence-corrected chi connectivity index (χ1v) is 8.45. The van der Waals surface area contributed by atoms with Gasteiger partial charge in [-0.05, 0) is 36.5 Å². The third kappa shape index (κ3) is 5.36. The van der Waals surface area contributed by atoms with Crippen LogP contribution in [0.15, 0.2) is 24.3 Å². The molecule has 0 heterocycles. The summed E-state index contributed by atoms with van der Waals surface area (Å²) in [6, 6.07) is 8.23. The Balaban J connectivity index is 2.78. The second-order valence-electron chi connectivity index (χ2n) is 6.16. The molecule has 124 valence electrons. The van der Waals surface area contributed by atoms with Gasteiger partial charge in [-0.25, -0.2) is 0 Å². The Labute approximate surface area is 135 Å². The number of hydrogen-bond acceptors (Lipinski definition) is 2. The molecule has 0 aromatic heterocycles. The van der Waals surface area contributed by atoms with Crippen molar-refractivity contribution in [3.05, 3.63) is 29.8 Å². The van der Waals surface area contributed by atoms with Crippen molar-refractivity contribution < 1.29 is 9.53 Å². The van der Waals surface area contributed by atoms with Gasteiger partial charge in [-0.15, -0.1) is 0 Å². The predicted octanol–water partition coefficient (Wildman–Crippen LogP) is 4.47. The second kappa shape index (κ2) is 9.50. The van der Waals surface area contributed by atoms with Crippen molar-refractivity contribution >= 4 is 5.91 Å². The molecule has 0 N–H and O–H groups in total. The highest BCUT2D eigenvalue weighted by molar-refractivity contribution is 5.79. The highest BCUT2D eigenvalue weighted by Gasteiger charge is 2.25. The Kier molecular flexibility index (Phi) is 8.00. The number of nitrogens with zero attached hydrogens (tertiary/aromatic N) is 1. The van der Waals surface area contributed by atoms with E-state index in [1.165, 1.54) is 18.4 Å². The molecule has 3 heteroatoms. The highest BCUT2D eigenvalue weighted by atomic mass is 16.5. The van der Waals surface area contributed by atoms with Crippen molar-refractivity contribution in [3.8, 4) is 5.75 Å². The Bertz CT molecular complexity index is 457. The number of hydrogen-bond donors (Lipinski definition) is 0. The van der Waals surface area contributed by atoms with E-state index < -0.39 is 0 Å². The summed E-state index contributed by atoms with van der Waals surface area (Å²) in [5, 5.41) is 0. The van der Waals surface area contributed by atoms with Crippen molar-refractivity contribution in [1.29, 1.82) is 0 Å². The molecular formula is C19H31NO2. The van der Waals surface area contributed by atoms with Gasteiger partial charge in [0, 0.05) is 20.0 Å². The maximum atomic E-state index is 12.2. The quantitative estimate of drug-likeness (QED) is 0.630. The molecule has 1 aromatic rings. The van der Waals surface area contributed by atoms with E-state index in [2.05, 4.69) is 26.0 Å². The monoisotopic (exact) mass is 305 g/mol. The number of carbonyl (C=O) groups excluding carboxylic acids is 1. The summed E-state index contributed by atoms with van der Waals surface area (Å²) in [7, 11) is 3.64. The number of ether oxygens (including phenoxy) is 1. The molecule has 1 aromatic carbocycles. The number of carbonyl (C=O) groups is 1. The van der Waals surface area contributed by atoms with Crippen LogP contribution in [0.3, 0.4) is 0 Å². The van der Waals surface area contributed by atoms with Gasteiger partial charge in [-0.1, -0.05) is 45.7 Å². The number of unbranched alkanes of at least 4 members (excludes halogenated alkanes) is 2. The van der Waals surface area contributed by atoms with E-state index in [1.807, 2.05) is 33.2 Å². The van der Waals surface area contributed by atoms with E-state index in [1.54, 1.807) is 4.90 Å². The molecule has 0 saturated heterocycles. The Morgan fingerprint density at radius 1 is 1.23 bits per heavy atom. The molecule has 0 aliphatic heterocycles. The van der Waals surface area contributed by atoms with Gasteiger partial charge < -0.3 is 9.64 Å². The van der Waals surface area contributed by atoms with Crippen LogP contribution < -0.4 is 4.74 Å². The van der Waals surface area contributed by atoms with E-state index in [0.29, 0.717) is 0 Å². The molecule has 0 aliphatic rings. The van der Waals surface area contributed by atoms with Crippen molar-refractivity contribution in [2.75, 3.05) is 20.7 Å². The third-order valence-corrected chi connectivity index (χ3v) is 4.18. The summed E-state index contributed by atoms with van der Waals surface area (Å²) in [5.74, 6) is 1.31. The van der Waals surface area contributed by atoms with Gasteiger partial charge in [0.15, 0.2) is 0 Å². The van der Waals surface area contributed by atoms with Gasteiger partial charge in [-0.2, -0.15) is 0 Å². The van der Waals surface area contributed by atoms with Crippen LogP contribution in [0.1, 0.15) is 57.9 Å². The Hall–Kier alpha value is -1.51. The van der Waals surface area contributed by atoms with E-state index in [0.717, 1.165) is 25.2 Å². The smallest absolute Gasteiger partial charge is 0.225 e. The standard InChI is InChI=1S/C19H31NO2/c1-6-8-9-13-22-17-12-10-11-16(14-17)18(7-2)15(3)19(21)20(4)5/h10-12,14-15,18H,6-9,13H2,1-5H3/t15-,18-/m1/s1. The minimum atomic E-state index is -0.0182. The lowest BCUT2D eigenvalue weighted by Crippen LogP contribution is -2.31. The summed E-state index contributed by atoms with van der Waals surface area (Å²) in [6.07, 6.45) is 4.44. The molecule has 2 atom stereocenters. The molecule has 1 amide bonds. The van der Waals surface area contributed by atoms with Crippen molar-refractivity contribution in [2.45, 2.75) is 52.4 Å². The Morgan fingerprint density at radius 3 is 2.55 bits per heavy atom. The van der Waals surface area contributed by atoms with Crippen LogP contribution >= 0.6 is 0 Å². The number of benzene rings is 1. The van der Waals surface area contributed by atoms with Crippen LogP contribution in [0.25, 0.3) is 0 Å². The fourth-order valence-corrected chi connectivity index (χ4v) is 2.83. The first-order valence-electron chi connectivity index (χ1n) is 8.45. The first-order chi connectivity index (χ1) is 10.5. The minimum absolute atomic E-state index is 0.0182. The van der Waals surface area contributed by atoms with E-state index in [4.69, 9.17) is 4.74 Å². The molecule has 0 unspecified atom stereocenters. The van der Waals surface area contributed by atoms with Gasteiger partial charge in [0.25, 0.3) is 0 Å². The zero-order valence-corrected chi connectivity index (χ0v) is 14.8. The SMILES string of the molecule is CCCCCOc1cccc([C@H](CC)[C@@H](C)C(=O)N(C)C)c1. The summed E-state index contributed by atoms with van der Waals surface area (Å²) in [4.78, 5) is 13.9. The molecule has 22 heavy (non-hydrogen) atoms. The number of rotatable bonds is 9. The fourth-order valence-electron chi connectivity index (χ4n) is 2.83. The lowest BCUT2D eigenvalue weighted by molar-refractivity contribution is -0.133. The van der Waals surface area contributed by atoms with Crippen LogP contribution in [0.5, 0.6) is 5.75 Å².